The zero-order valence-electron chi connectivity index (χ0n) is 8.55. The van der Waals surface area contributed by atoms with Crippen LogP contribution in [-0.4, -0.2) is 5.78 Å². The summed E-state index contributed by atoms with van der Waals surface area (Å²) in [4.78, 5) is 10.9. The van der Waals surface area contributed by atoms with E-state index >= 15 is 0 Å². The van der Waals surface area contributed by atoms with Crippen molar-refractivity contribution in [3.63, 3.8) is 0 Å². The molecule has 13 heavy (non-hydrogen) atoms. The molecule has 0 saturated carbocycles. The van der Waals surface area contributed by atoms with Gasteiger partial charge in [0.25, 0.3) is 0 Å². The summed E-state index contributed by atoms with van der Waals surface area (Å²) in [6.07, 6.45) is 1.60. The molecule has 1 heteroatoms. The predicted octanol–water partition coefficient (Wildman–Crippen LogP) is 2.69. The van der Waals surface area contributed by atoms with Gasteiger partial charge < -0.3 is 0 Å². The number of hydrogen-bond donors (Lipinski definition) is 0. The molecule has 0 aliphatic heterocycles. The molecule has 1 aromatic carbocycles. The lowest BCUT2D eigenvalue weighted by molar-refractivity contribution is -0.116. The first kappa shape index (κ1) is 9.97. The number of Topliss-reactive ketones (excluding diaryl/α,β-unsaturated/α-hetero) is 1. The van der Waals surface area contributed by atoms with Crippen LogP contribution in [0.15, 0.2) is 18.2 Å². The summed E-state index contributed by atoms with van der Waals surface area (Å²) in [5.41, 5.74) is 3.79. The number of rotatable bonds is 3. The smallest absolute Gasteiger partial charge is 0.134 e. The van der Waals surface area contributed by atoms with Gasteiger partial charge in [-0.15, -0.1) is 0 Å². The third kappa shape index (κ3) is 2.69. The number of carbonyl (C=O) groups excluding carboxylic acids is 1. The topological polar surface area (TPSA) is 17.1 Å². The van der Waals surface area contributed by atoms with Crippen molar-refractivity contribution in [3.05, 3.63) is 34.9 Å². The minimum Gasteiger partial charge on any atom is -0.300 e. The Morgan fingerprint density at radius 3 is 2.62 bits per heavy atom. The summed E-state index contributed by atoms with van der Waals surface area (Å²) in [5.74, 6) is 0.228. The zero-order chi connectivity index (χ0) is 9.84. The van der Waals surface area contributed by atoms with Gasteiger partial charge in [0, 0.05) is 6.42 Å². The molecule has 1 nitrogen and oxygen atoms in total. The van der Waals surface area contributed by atoms with Crippen LogP contribution in [0, 0.1) is 6.92 Å². The standard InChI is InChI=1S/C12H16O/c1-4-12-8-11(7-10(3)13)6-5-9(12)2/h5-6,8H,4,7H2,1-3H3. The molecule has 0 spiro atoms. The van der Waals surface area contributed by atoms with Gasteiger partial charge >= 0.3 is 0 Å². The number of aryl methyl sites for hydroxylation is 2. The van der Waals surface area contributed by atoms with Crippen molar-refractivity contribution >= 4 is 5.78 Å². The van der Waals surface area contributed by atoms with Gasteiger partial charge in [0.15, 0.2) is 0 Å². The second kappa shape index (κ2) is 4.22. The molecule has 0 fully saturated rings. The number of hydrogen-bond acceptors (Lipinski definition) is 1. The van der Waals surface area contributed by atoms with Gasteiger partial charge in [0.1, 0.15) is 5.78 Å². The fraction of sp³-hybridized carbons (Fsp3) is 0.417. The number of carbonyl (C=O) groups is 1. The second-order valence-corrected chi connectivity index (χ2v) is 3.49. The fourth-order valence-corrected chi connectivity index (χ4v) is 1.50. The van der Waals surface area contributed by atoms with E-state index in [0.717, 1.165) is 12.0 Å². The van der Waals surface area contributed by atoms with Gasteiger partial charge in [-0.1, -0.05) is 25.1 Å². The molecule has 0 amide bonds. The maximum atomic E-state index is 10.9. The van der Waals surface area contributed by atoms with Gasteiger partial charge in [-0.2, -0.15) is 0 Å². The van der Waals surface area contributed by atoms with E-state index in [1.54, 1.807) is 6.92 Å². The Morgan fingerprint density at radius 1 is 1.38 bits per heavy atom. The van der Waals surface area contributed by atoms with Crippen LogP contribution >= 0.6 is 0 Å². The molecular weight excluding hydrogens is 160 g/mol. The second-order valence-electron chi connectivity index (χ2n) is 3.49. The van der Waals surface area contributed by atoms with E-state index in [9.17, 15) is 4.79 Å². The summed E-state index contributed by atoms with van der Waals surface area (Å²) in [7, 11) is 0. The van der Waals surface area contributed by atoms with Crippen LogP contribution in [0.4, 0.5) is 0 Å². The van der Waals surface area contributed by atoms with E-state index in [0.29, 0.717) is 6.42 Å². The van der Waals surface area contributed by atoms with E-state index in [-0.39, 0.29) is 5.78 Å². The molecule has 0 heterocycles. The highest BCUT2D eigenvalue weighted by Gasteiger charge is 2.00. The molecule has 1 aromatic rings. The van der Waals surface area contributed by atoms with Crippen molar-refractivity contribution < 1.29 is 4.79 Å². The largest absolute Gasteiger partial charge is 0.300 e. The molecule has 0 aliphatic rings. The van der Waals surface area contributed by atoms with Crippen molar-refractivity contribution in [1.82, 2.24) is 0 Å². The molecule has 0 saturated heterocycles. The average molecular weight is 176 g/mol. The Kier molecular flexibility index (Phi) is 3.24. The van der Waals surface area contributed by atoms with Crippen LogP contribution in [0.3, 0.4) is 0 Å². The molecule has 0 unspecified atom stereocenters. The van der Waals surface area contributed by atoms with Crippen LogP contribution < -0.4 is 0 Å². The molecule has 0 aliphatic carbocycles. The molecule has 0 N–H and O–H groups in total. The van der Waals surface area contributed by atoms with E-state index in [2.05, 4.69) is 26.0 Å². The van der Waals surface area contributed by atoms with Gasteiger partial charge in [0.2, 0.25) is 0 Å². The van der Waals surface area contributed by atoms with Crippen molar-refractivity contribution in [1.29, 1.82) is 0 Å². The zero-order valence-corrected chi connectivity index (χ0v) is 8.55. The molecule has 0 radical (unpaired) electrons. The van der Waals surface area contributed by atoms with Crippen LogP contribution in [-0.2, 0) is 17.6 Å². The number of ketones is 1. The lowest BCUT2D eigenvalue weighted by Gasteiger charge is -2.05. The first-order valence-electron chi connectivity index (χ1n) is 4.71. The lowest BCUT2D eigenvalue weighted by Crippen LogP contribution is -1.98. The Morgan fingerprint density at radius 2 is 2.08 bits per heavy atom. The predicted molar refractivity (Wildman–Crippen MR) is 54.9 cm³/mol. The minimum atomic E-state index is 0.228. The van der Waals surface area contributed by atoms with E-state index in [1.807, 2.05) is 6.07 Å². The number of benzene rings is 1. The van der Waals surface area contributed by atoms with Crippen LogP contribution in [0.1, 0.15) is 30.5 Å². The normalized spacial score (nSPS) is 10.1. The highest BCUT2D eigenvalue weighted by molar-refractivity contribution is 5.78. The third-order valence-corrected chi connectivity index (χ3v) is 2.25. The Balaban J connectivity index is 2.92. The highest BCUT2D eigenvalue weighted by Crippen LogP contribution is 2.12. The molecule has 1 rings (SSSR count). The van der Waals surface area contributed by atoms with Crippen molar-refractivity contribution in [3.8, 4) is 0 Å². The van der Waals surface area contributed by atoms with Gasteiger partial charge in [0.05, 0.1) is 0 Å². The molecule has 70 valence electrons. The highest BCUT2D eigenvalue weighted by atomic mass is 16.1. The van der Waals surface area contributed by atoms with Gasteiger partial charge in [-0.05, 0) is 37.0 Å². The van der Waals surface area contributed by atoms with E-state index in [4.69, 9.17) is 0 Å². The summed E-state index contributed by atoms with van der Waals surface area (Å²) < 4.78 is 0. The Labute approximate surface area is 79.8 Å². The Bertz CT molecular complexity index is 313. The summed E-state index contributed by atoms with van der Waals surface area (Å²) in [5, 5.41) is 0. The van der Waals surface area contributed by atoms with Gasteiger partial charge in [-0.25, -0.2) is 0 Å². The van der Waals surface area contributed by atoms with E-state index in [1.165, 1.54) is 11.1 Å². The first-order chi connectivity index (χ1) is 6.13. The van der Waals surface area contributed by atoms with Crippen molar-refractivity contribution in [2.75, 3.05) is 0 Å². The first-order valence-corrected chi connectivity index (χ1v) is 4.71. The maximum absolute atomic E-state index is 10.9. The molecule has 0 aromatic heterocycles. The quantitative estimate of drug-likeness (QED) is 0.692. The van der Waals surface area contributed by atoms with E-state index < -0.39 is 0 Å². The third-order valence-electron chi connectivity index (χ3n) is 2.25. The van der Waals surface area contributed by atoms with Crippen molar-refractivity contribution in [2.45, 2.75) is 33.6 Å². The Hall–Kier alpha value is -1.11. The average Bonchev–Trinajstić information content (AvgIpc) is 2.07. The van der Waals surface area contributed by atoms with Crippen LogP contribution in [0.2, 0.25) is 0 Å². The summed E-state index contributed by atoms with van der Waals surface area (Å²) in [6.45, 7) is 5.88. The van der Waals surface area contributed by atoms with Crippen molar-refractivity contribution in [2.24, 2.45) is 0 Å². The molecular formula is C12H16O. The molecule has 0 bridgehead atoms. The summed E-state index contributed by atoms with van der Waals surface area (Å²) in [6, 6.07) is 6.27. The van der Waals surface area contributed by atoms with Gasteiger partial charge in [-0.3, -0.25) is 4.79 Å². The monoisotopic (exact) mass is 176 g/mol. The minimum absolute atomic E-state index is 0.228. The molecule has 0 atom stereocenters. The van der Waals surface area contributed by atoms with Crippen LogP contribution in [0.5, 0.6) is 0 Å². The lowest BCUT2D eigenvalue weighted by atomic mass is 10.0. The fourth-order valence-electron chi connectivity index (χ4n) is 1.50. The van der Waals surface area contributed by atoms with Crippen LogP contribution in [0.25, 0.3) is 0 Å². The summed E-state index contributed by atoms with van der Waals surface area (Å²) >= 11 is 0. The maximum Gasteiger partial charge on any atom is 0.134 e. The SMILES string of the molecule is CCc1cc(CC(C)=O)ccc1C.